The molecular weight excluding hydrogens is 192 g/mol. The molecule has 4 nitrogen and oxygen atoms in total. The minimum absolute atomic E-state index is 0.143. The summed E-state index contributed by atoms with van der Waals surface area (Å²) in [6, 6.07) is -0.631. The smallest absolute Gasteiger partial charge is 0.240 e. The highest BCUT2D eigenvalue weighted by Crippen LogP contribution is 2.04. The summed E-state index contributed by atoms with van der Waals surface area (Å²) >= 11 is 0. The number of primary amides is 1. The molecule has 0 saturated heterocycles. The van der Waals surface area contributed by atoms with Gasteiger partial charge in [-0.1, -0.05) is 19.4 Å². The van der Waals surface area contributed by atoms with Crippen molar-refractivity contribution in [3.63, 3.8) is 0 Å². The second kappa shape index (κ2) is 6.22. The van der Waals surface area contributed by atoms with Gasteiger partial charge in [0.25, 0.3) is 0 Å². The van der Waals surface area contributed by atoms with Crippen molar-refractivity contribution < 1.29 is 9.59 Å². The summed E-state index contributed by atoms with van der Waals surface area (Å²) in [5, 5.41) is 2.60. The first-order valence-corrected chi connectivity index (χ1v) is 5.06. The number of nitrogens with two attached hydrogens (primary N) is 1. The van der Waals surface area contributed by atoms with Crippen LogP contribution < -0.4 is 11.1 Å². The van der Waals surface area contributed by atoms with Crippen LogP contribution in [0.2, 0.25) is 0 Å². The molecule has 0 rings (SSSR count). The molecule has 0 aliphatic carbocycles. The van der Waals surface area contributed by atoms with Crippen molar-refractivity contribution >= 4 is 11.8 Å². The Morgan fingerprint density at radius 3 is 2.20 bits per heavy atom. The summed E-state index contributed by atoms with van der Waals surface area (Å²) in [5.41, 5.74) is 5.99. The molecule has 0 fully saturated rings. The molecule has 1 atom stereocenters. The summed E-state index contributed by atoms with van der Waals surface area (Å²) in [4.78, 5) is 22.4. The second-order valence-corrected chi connectivity index (χ2v) is 4.28. The molecule has 0 aliphatic heterocycles. The number of carbonyl (C=O) groups is 2. The fourth-order valence-electron chi connectivity index (χ4n) is 1.20. The lowest BCUT2D eigenvalue weighted by Gasteiger charge is -2.16. The van der Waals surface area contributed by atoms with Crippen molar-refractivity contribution in [3.8, 4) is 0 Å². The van der Waals surface area contributed by atoms with E-state index >= 15 is 0 Å². The second-order valence-electron chi connectivity index (χ2n) is 4.28. The molecule has 0 radical (unpaired) electrons. The summed E-state index contributed by atoms with van der Waals surface area (Å²) in [7, 11) is 0. The number of hydrogen-bond acceptors (Lipinski definition) is 2. The highest BCUT2D eigenvalue weighted by atomic mass is 16.2. The molecule has 0 saturated carbocycles. The van der Waals surface area contributed by atoms with Gasteiger partial charge in [-0.2, -0.15) is 0 Å². The van der Waals surface area contributed by atoms with Gasteiger partial charge in [0.2, 0.25) is 11.8 Å². The standard InChI is InChI=1S/C11H20N2O2/c1-7(2)5-9(11(12)15)13-10(14)6-8(3)4/h8-9H,1,5-6H2,2-4H3,(H2,12,15)(H,13,14)/t9-/m0/s1. The van der Waals surface area contributed by atoms with Gasteiger partial charge in [0.1, 0.15) is 6.04 Å². The molecule has 0 aromatic rings. The first-order chi connectivity index (χ1) is 6.82. The van der Waals surface area contributed by atoms with Gasteiger partial charge in [0.05, 0.1) is 0 Å². The molecule has 0 bridgehead atoms. The van der Waals surface area contributed by atoms with Crippen LogP contribution in [0.25, 0.3) is 0 Å². The highest BCUT2D eigenvalue weighted by Gasteiger charge is 2.18. The van der Waals surface area contributed by atoms with Crippen LogP contribution in [-0.2, 0) is 9.59 Å². The molecule has 0 aliphatic rings. The minimum atomic E-state index is -0.631. The van der Waals surface area contributed by atoms with Crippen molar-refractivity contribution in [1.82, 2.24) is 5.32 Å². The zero-order chi connectivity index (χ0) is 12.0. The maximum atomic E-state index is 11.4. The largest absolute Gasteiger partial charge is 0.368 e. The van der Waals surface area contributed by atoms with E-state index in [0.717, 1.165) is 5.57 Å². The van der Waals surface area contributed by atoms with E-state index in [2.05, 4.69) is 11.9 Å². The van der Waals surface area contributed by atoms with Crippen molar-refractivity contribution in [2.24, 2.45) is 11.7 Å². The van der Waals surface area contributed by atoms with Gasteiger partial charge in [-0.05, 0) is 19.3 Å². The zero-order valence-electron chi connectivity index (χ0n) is 9.67. The lowest BCUT2D eigenvalue weighted by Crippen LogP contribution is -2.44. The quantitative estimate of drug-likeness (QED) is 0.644. The van der Waals surface area contributed by atoms with Crippen LogP contribution >= 0.6 is 0 Å². The van der Waals surface area contributed by atoms with E-state index in [0.29, 0.717) is 12.8 Å². The molecule has 0 heterocycles. The minimum Gasteiger partial charge on any atom is -0.368 e. The molecule has 4 heteroatoms. The molecule has 15 heavy (non-hydrogen) atoms. The average Bonchev–Trinajstić information content (AvgIpc) is 1.99. The van der Waals surface area contributed by atoms with E-state index in [4.69, 9.17) is 5.73 Å². The number of rotatable bonds is 6. The predicted molar refractivity (Wildman–Crippen MR) is 60.0 cm³/mol. The Balaban J connectivity index is 4.22. The van der Waals surface area contributed by atoms with Crippen LogP contribution in [0.3, 0.4) is 0 Å². The molecule has 3 N–H and O–H groups in total. The van der Waals surface area contributed by atoms with E-state index in [-0.39, 0.29) is 11.8 Å². The van der Waals surface area contributed by atoms with Gasteiger partial charge in [-0.15, -0.1) is 6.58 Å². The van der Waals surface area contributed by atoms with Crippen molar-refractivity contribution in [1.29, 1.82) is 0 Å². The molecule has 2 amide bonds. The number of hydrogen-bond donors (Lipinski definition) is 2. The maximum Gasteiger partial charge on any atom is 0.240 e. The molecular formula is C11H20N2O2. The molecule has 86 valence electrons. The van der Waals surface area contributed by atoms with Crippen molar-refractivity contribution in [2.75, 3.05) is 0 Å². The lowest BCUT2D eigenvalue weighted by molar-refractivity contribution is -0.127. The van der Waals surface area contributed by atoms with E-state index < -0.39 is 11.9 Å². The maximum absolute atomic E-state index is 11.4. The monoisotopic (exact) mass is 212 g/mol. The number of amides is 2. The van der Waals surface area contributed by atoms with Gasteiger partial charge in [-0.25, -0.2) is 0 Å². The Labute approximate surface area is 90.9 Å². The fraction of sp³-hybridized carbons (Fsp3) is 0.636. The molecule has 0 spiro atoms. The molecule has 0 aromatic heterocycles. The van der Waals surface area contributed by atoms with E-state index in [9.17, 15) is 9.59 Å². The van der Waals surface area contributed by atoms with Gasteiger partial charge in [-0.3, -0.25) is 9.59 Å². The Kier molecular flexibility index (Phi) is 5.67. The molecule has 0 unspecified atom stereocenters. The molecule has 0 aromatic carbocycles. The topological polar surface area (TPSA) is 72.2 Å². The summed E-state index contributed by atoms with van der Waals surface area (Å²) in [6.45, 7) is 9.37. The predicted octanol–water partition coefficient (Wildman–Crippen LogP) is 0.969. The first-order valence-electron chi connectivity index (χ1n) is 5.06. The van der Waals surface area contributed by atoms with Gasteiger partial charge in [0, 0.05) is 6.42 Å². The van der Waals surface area contributed by atoms with Gasteiger partial charge >= 0.3 is 0 Å². The zero-order valence-corrected chi connectivity index (χ0v) is 9.67. The Morgan fingerprint density at radius 2 is 1.87 bits per heavy atom. The van der Waals surface area contributed by atoms with Gasteiger partial charge < -0.3 is 11.1 Å². The summed E-state index contributed by atoms with van der Waals surface area (Å²) in [5.74, 6) is -0.395. The average molecular weight is 212 g/mol. The van der Waals surface area contributed by atoms with Gasteiger partial charge in [0.15, 0.2) is 0 Å². The third-order valence-electron chi connectivity index (χ3n) is 1.82. The van der Waals surface area contributed by atoms with Crippen LogP contribution in [0.5, 0.6) is 0 Å². The number of carbonyl (C=O) groups excluding carboxylic acids is 2. The SMILES string of the molecule is C=C(C)C[C@H](NC(=O)CC(C)C)C(N)=O. The normalized spacial score (nSPS) is 12.3. The Bertz CT molecular complexity index is 259. The summed E-state index contributed by atoms with van der Waals surface area (Å²) < 4.78 is 0. The van der Waals surface area contributed by atoms with E-state index in [1.54, 1.807) is 6.92 Å². The fourth-order valence-corrected chi connectivity index (χ4v) is 1.20. The van der Waals surface area contributed by atoms with Crippen LogP contribution in [0.4, 0.5) is 0 Å². The third-order valence-corrected chi connectivity index (χ3v) is 1.82. The Morgan fingerprint density at radius 1 is 1.33 bits per heavy atom. The Hall–Kier alpha value is -1.32. The van der Waals surface area contributed by atoms with E-state index in [1.807, 2.05) is 13.8 Å². The summed E-state index contributed by atoms with van der Waals surface area (Å²) in [6.07, 6.45) is 0.805. The van der Waals surface area contributed by atoms with Crippen LogP contribution in [0, 0.1) is 5.92 Å². The van der Waals surface area contributed by atoms with Crippen molar-refractivity contribution in [2.45, 2.75) is 39.7 Å². The van der Waals surface area contributed by atoms with Crippen molar-refractivity contribution in [3.05, 3.63) is 12.2 Å². The van der Waals surface area contributed by atoms with Crippen LogP contribution in [0.15, 0.2) is 12.2 Å². The third kappa shape index (κ3) is 6.71. The van der Waals surface area contributed by atoms with Crippen LogP contribution in [0.1, 0.15) is 33.6 Å². The lowest BCUT2D eigenvalue weighted by atomic mass is 10.1. The van der Waals surface area contributed by atoms with E-state index in [1.165, 1.54) is 0 Å². The first kappa shape index (κ1) is 13.7. The highest BCUT2D eigenvalue weighted by molar-refractivity contribution is 5.86. The van der Waals surface area contributed by atoms with Crippen LogP contribution in [-0.4, -0.2) is 17.9 Å². The number of nitrogens with one attached hydrogen (secondary N) is 1.